The molecule has 1 aromatic heterocycles. The summed E-state index contributed by atoms with van der Waals surface area (Å²) >= 11 is 0. The average molecular weight is 340 g/mol. The highest BCUT2D eigenvalue weighted by atomic mass is 16.2. The Hall–Kier alpha value is -2.14. The van der Waals surface area contributed by atoms with Crippen LogP contribution in [0.4, 0.5) is 0 Å². The van der Waals surface area contributed by atoms with Gasteiger partial charge in [-0.2, -0.15) is 5.10 Å². The van der Waals surface area contributed by atoms with Crippen LogP contribution in [0.1, 0.15) is 47.1 Å². The number of fused-ring (bicyclic) bond motifs is 1. The van der Waals surface area contributed by atoms with Gasteiger partial charge in [0.05, 0.1) is 5.69 Å². The van der Waals surface area contributed by atoms with Gasteiger partial charge in [-0.05, 0) is 72.3 Å². The summed E-state index contributed by atoms with van der Waals surface area (Å²) in [5, 5.41) is 7.79. The normalized spacial score (nSPS) is 14.6. The number of hydrogen-bond acceptors (Lipinski definition) is 3. The lowest BCUT2D eigenvalue weighted by Gasteiger charge is -2.16. The molecule has 0 radical (unpaired) electrons. The third-order valence-electron chi connectivity index (χ3n) is 4.81. The molecular weight excluding hydrogens is 312 g/mol. The van der Waals surface area contributed by atoms with Crippen LogP contribution in [-0.2, 0) is 12.8 Å². The van der Waals surface area contributed by atoms with Gasteiger partial charge in [0.25, 0.3) is 5.91 Å². The van der Waals surface area contributed by atoms with Crippen LogP contribution in [0.2, 0.25) is 0 Å². The van der Waals surface area contributed by atoms with Crippen molar-refractivity contribution in [1.82, 2.24) is 20.0 Å². The summed E-state index contributed by atoms with van der Waals surface area (Å²) in [6.45, 7) is 5.08. The van der Waals surface area contributed by atoms with E-state index in [1.54, 1.807) is 0 Å². The number of hydrogen-bond donors (Lipinski definition) is 1. The van der Waals surface area contributed by atoms with Crippen LogP contribution in [0.25, 0.3) is 5.69 Å². The number of carbonyl (C=O) groups excluding carboxylic acids is 1. The van der Waals surface area contributed by atoms with Crippen LogP contribution in [0, 0.1) is 6.92 Å². The van der Waals surface area contributed by atoms with E-state index in [2.05, 4.69) is 53.4 Å². The fourth-order valence-electron chi connectivity index (χ4n) is 3.34. The molecular formula is C20H28N4O. The minimum Gasteiger partial charge on any atom is -0.348 e. The Labute approximate surface area is 150 Å². The largest absolute Gasteiger partial charge is 0.348 e. The van der Waals surface area contributed by atoms with Crippen molar-refractivity contribution in [3.05, 3.63) is 46.8 Å². The summed E-state index contributed by atoms with van der Waals surface area (Å²) in [4.78, 5) is 14.9. The quantitative estimate of drug-likeness (QED) is 0.880. The Bertz CT molecular complexity index is 746. The molecule has 1 amide bonds. The third kappa shape index (κ3) is 3.93. The van der Waals surface area contributed by atoms with Gasteiger partial charge in [-0.25, -0.2) is 4.68 Å². The Morgan fingerprint density at radius 2 is 2.00 bits per heavy atom. The topological polar surface area (TPSA) is 50.2 Å². The highest BCUT2D eigenvalue weighted by Gasteiger charge is 2.27. The van der Waals surface area contributed by atoms with Crippen molar-refractivity contribution in [3.63, 3.8) is 0 Å². The molecule has 0 aliphatic heterocycles. The predicted octanol–water partition coefficient (Wildman–Crippen LogP) is 2.74. The molecule has 1 aliphatic rings. The monoisotopic (exact) mass is 340 g/mol. The van der Waals surface area contributed by atoms with Crippen LogP contribution in [0.3, 0.4) is 0 Å². The Balaban J connectivity index is 1.81. The van der Waals surface area contributed by atoms with E-state index in [0.717, 1.165) is 43.5 Å². The molecule has 1 aliphatic carbocycles. The van der Waals surface area contributed by atoms with Crippen LogP contribution in [0.15, 0.2) is 24.3 Å². The van der Waals surface area contributed by atoms with Gasteiger partial charge in [0.2, 0.25) is 0 Å². The van der Waals surface area contributed by atoms with Crippen LogP contribution in [0.5, 0.6) is 0 Å². The second-order valence-corrected chi connectivity index (χ2v) is 7.34. The van der Waals surface area contributed by atoms with E-state index in [0.29, 0.717) is 5.69 Å². The minimum absolute atomic E-state index is 0.0460. The fraction of sp³-hybridized carbons (Fsp3) is 0.500. The van der Waals surface area contributed by atoms with Crippen LogP contribution < -0.4 is 5.32 Å². The van der Waals surface area contributed by atoms with Crippen molar-refractivity contribution in [2.75, 3.05) is 20.6 Å². The molecule has 1 N–H and O–H groups in total. The molecule has 5 nitrogen and oxygen atoms in total. The van der Waals surface area contributed by atoms with Gasteiger partial charge in [0.1, 0.15) is 0 Å². The maximum Gasteiger partial charge on any atom is 0.272 e. The number of benzene rings is 1. The highest BCUT2D eigenvalue weighted by Crippen LogP contribution is 2.28. The number of amides is 1. The van der Waals surface area contributed by atoms with Gasteiger partial charge in [-0.1, -0.05) is 17.7 Å². The number of carbonyl (C=O) groups is 1. The van der Waals surface area contributed by atoms with Gasteiger partial charge in [0, 0.05) is 17.3 Å². The molecule has 1 atom stereocenters. The summed E-state index contributed by atoms with van der Waals surface area (Å²) in [7, 11) is 4.09. The zero-order valence-electron chi connectivity index (χ0n) is 15.7. The average Bonchev–Trinajstić information content (AvgIpc) is 3.16. The first kappa shape index (κ1) is 17.7. The maximum atomic E-state index is 12.8. The zero-order chi connectivity index (χ0) is 18.0. The third-order valence-corrected chi connectivity index (χ3v) is 4.81. The van der Waals surface area contributed by atoms with Crippen LogP contribution >= 0.6 is 0 Å². The van der Waals surface area contributed by atoms with Crippen molar-refractivity contribution < 1.29 is 4.79 Å². The lowest BCUT2D eigenvalue weighted by molar-refractivity contribution is 0.0930. The van der Waals surface area contributed by atoms with Crippen molar-refractivity contribution >= 4 is 5.91 Å². The smallest absolute Gasteiger partial charge is 0.272 e. The Morgan fingerprint density at radius 1 is 1.28 bits per heavy atom. The summed E-state index contributed by atoms with van der Waals surface area (Å²) in [5.74, 6) is -0.0460. The van der Waals surface area contributed by atoms with Crippen LogP contribution in [-0.4, -0.2) is 47.3 Å². The molecule has 1 unspecified atom stereocenters. The van der Waals surface area contributed by atoms with E-state index < -0.39 is 0 Å². The summed E-state index contributed by atoms with van der Waals surface area (Å²) in [5.41, 5.74) is 5.17. The fourth-order valence-corrected chi connectivity index (χ4v) is 3.34. The van der Waals surface area contributed by atoms with E-state index >= 15 is 0 Å². The standard InChI is InChI=1S/C20H28N4O/c1-14-8-10-16(11-9-14)24-18-7-5-6-17(18)19(22-24)20(25)21-15(2)12-13-23(3)4/h8-11,15H,5-7,12-13H2,1-4H3,(H,21,25). The summed E-state index contributed by atoms with van der Waals surface area (Å²) in [6.07, 6.45) is 3.95. The lowest BCUT2D eigenvalue weighted by Crippen LogP contribution is -2.35. The summed E-state index contributed by atoms with van der Waals surface area (Å²) in [6, 6.07) is 8.45. The van der Waals surface area contributed by atoms with E-state index in [4.69, 9.17) is 0 Å². The molecule has 0 bridgehead atoms. The van der Waals surface area contributed by atoms with E-state index in [1.807, 2.05) is 18.8 Å². The molecule has 25 heavy (non-hydrogen) atoms. The first-order valence-electron chi connectivity index (χ1n) is 9.09. The number of nitrogens with zero attached hydrogens (tertiary/aromatic N) is 3. The van der Waals surface area contributed by atoms with Gasteiger partial charge in [-0.15, -0.1) is 0 Å². The van der Waals surface area contributed by atoms with E-state index in [1.165, 1.54) is 11.3 Å². The van der Waals surface area contributed by atoms with Crippen molar-refractivity contribution in [3.8, 4) is 5.69 Å². The number of aromatic nitrogens is 2. The molecule has 2 aromatic rings. The second kappa shape index (κ2) is 7.40. The Morgan fingerprint density at radius 3 is 2.68 bits per heavy atom. The number of nitrogens with one attached hydrogen (secondary N) is 1. The molecule has 3 rings (SSSR count). The van der Waals surface area contributed by atoms with E-state index in [9.17, 15) is 4.79 Å². The predicted molar refractivity (Wildman–Crippen MR) is 100 cm³/mol. The van der Waals surface area contributed by atoms with Crippen molar-refractivity contribution in [2.45, 2.75) is 45.6 Å². The maximum absolute atomic E-state index is 12.8. The zero-order valence-corrected chi connectivity index (χ0v) is 15.7. The summed E-state index contributed by atoms with van der Waals surface area (Å²) < 4.78 is 1.96. The Kier molecular flexibility index (Phi) is 5.23. The second-order valence-electron chi connectivity index (χ2n) is 7.34. The van der Waals surface area contributed by atoms with Gasteiger partial charge in [-0.3, -0.25) is 4.79 Å². The minimum atomic E-state index is -0.0460. The number of rotatable bonds is 6. The van der Waals surface area contributed by atoms with Gasteiger partial charge < -0.3 is 10.2 Å². The van der Waals surface area contributed by atoms with Crippen molar-refractivity contribution in [2.24, 2.45) is 0 Å². The molecule has 134 valence electrons. The highest BCUT2D eigenvalue weighted by molar-refractivity contribution is 5.94. The van der Waals surface area contributed by atoms with Crippen molar-refractivity contribution in [1.29, 1.82) is 0 Å². The first-order valence-corrected chi connectivity index (χ1v) is 9.09. The molecule has 0 saturated heterocycles. The molecule has 1 heterocycles. The lowest BCUT2D eigenvalue weighted by atomic mass is 10.1. The molecule has 0 spiro atoms. The SMILES string of the molecule is Cc1ccc(-n2nc(C(=O)NC(C)CCN(C)C)c3c2CCC3)cc1. The molecule has 0 saturated carbocycles. The number of aryl methyl sites for hydroxylation is 1. The van der Waals surface area contributed by atoms with Gasteiger partial charge >= 0.3 is 0 Å². The molecule has 5 heteroatoms. The first-order chi connectivity index (χ1) is 12.0. The molecule has 0 fully saturated rings. The molecule has 1 aromatic carbocycles. The van der Waals surface area contributed by atoms with E-state index in [-0.39, 0.29) is 11.9 Å². The van der Waals surface area contributed by atoms with Gasteiger partial charge in [0.15, 0.2) is 5.69 Å².